The first-order chi connectivity index (χ1) is 13.5. The number of nitrogens with zero attached hydrogens (tertiary/aromatic N) is 2. The number of nitrogens with two attached hydrogens (primary N) is 1. The van der Waals surface area contributed by atoms with Crippen LogP contribution in [0.3, 0.4) is 0 Å². The summed E-state index contributed by atoms with van der Waals surface area (Å²) >= 11 is 0. The molecule has 0 saturated carbocycles. The summed E-state index contributed by atoms with van der Waals surface area (Å²) in [7, 11) is 0. The number of amides is 3. The smallest absolute Gasteiger partial charge is 0.255 e. The van der Waals surface area contributed by atoms with Crippen molar-refractivity contribution in [2.75, 3.05) is 5.73 Å². The van der Waals surface area contributed by atoms with Gasteiger partial charge in [0, 0.05) is 31.6 Å². The van der Waals surface area contributed by atoms with E-state index < -0.39 is 11.9 Å². The van der Waals surface area contributed by atoms with Gasteiger partial charge in [-0.2, -0.15) is 0 Å². The van der Waals surface area contributed by atoms with Gasteiger partial charge >= 0.3 is 0 Å². The summed E-state index contributed by atoms with van der Waals surface area (Å²) in [5, 5.41) is 5.62. The molecule has 1 aromatic carbocycles. The molecule has 28 heavy (non-hydrogen) atoms. The molecule has 4 rings (SSSR count). The Bertz CT molecular complexity index is 941. The molecule has 1 aromatic heterocycles. The van der Waals surface area contributed by atoms with Crippen molar-refractivity contribution in [1.82, 2.24) is 20.5 Å². The lowest BCUT2D eigenvalue weighted by Crippen LogP contribution is -2.52. The first-order valence-electron chi connectivity index (χ1n) is 9.19. The number of piperidine rings is 1. The van der Waals surface area contributed by atoms with Crippen LogP contribution in [-0.2, 0) is 29.2 Å². The van der Waals surface area contributed by atoms with Gasteiger partial charge in [0.05, 0.1) is 17.6 Å². The van der Waals surface area contributed by atoms with Gasteiger partial charge in [-0.25, -0.2) is 0 Å². The van der Waals surface area contributed by atoms with Crippen LogP contribution in [0.1, 0.15) is 40.0 Å². The molecule has 8 heteroatoms. The number of hydrogen-bond acceptors (Lipinski definition) is 6. The molecule has 3 amide bonds. The first kappa shape index (κ1) is 18.1. The van der Waals surface area contributed by atoms with Crippen molar-refractivity contribution >= 4 is 23.4 Å². The maximum absolute atomic E-state index is 13.0. The van der Waals surface area contributed by atoms with Crippen LogP contribution < -0.4 is 16.4 Å². The number of benzene rings is 1. The summed E-state index contributed by atoms with van der Waals surface area (Å²) in [5.41, 5.74) is 9.55. The van der Waals surface area contributed by atoms with E-state index in [-0.39, 0.29) is 18.2 Å². The Labute approximate surface area is 162 Å². The largest absolute Gasteiger partial charge is 0.397 e. The zero-order chi connectivity index (χ0) is 19.7. The van der Waals surface area contributed by atoms with Crippen molar-refractivity contribution in [2.45, 2.75) is 38.5 Å². The van der Waals surface area contributed by atoms with Crippen molar-refractivity contribution < 1.29 is 14.4 Å². The summed E-state index contributed by atoms with van der Waals surface area (Å²) < 4.78 is 0. The van der Waals surface area contributed by atoms with E-state index >= 15 is 0 Å². The van der Waals surface area contributed by atoms with Gasteiger partial charge in [0.1, 0.15) is 6.04 Å². The summed E-state index contributed by atoms with van der Waals surface area (Å²) in [6.45, 7) is 1.44. The molecule has 2 aliphatic rings. The zero-order valence-corrected chi connectivity index (χ0v) is 15.3. The van der Waals surface area contributed by atoms with Gasteiger partial charge < -0.3 is 16.0 Å². The van der Waals surface area contributed by atoms with Crippen LogP contribution in [-0.4, -0.2) is 33.6 Å². The van der Waals surface area contributed by atoms with E-state index in [0.717, 1.165) is 16.8 Å². The Kier molecular flexibility index (Phi) is 4.79. The number of pyridine rings is 1. The SMILES string of the molecule is Nc1ccc(CNCc2cccc3c2C(=O)N(C2CCC(=O)NC2=O)C3)nc1. The van der Waals surface area contributed by atoms with Crippen LogP contribution in [0.25, 0.3) is 0 Å². The van der Waals surface area contributed by atoms with Crippen molar-refractivity contribution in [3.05, 3.63) is 58.9 Å². The molecule has 4 N–H and O–H groups in total. The fourth-order valence-electron chi connectivity index (χ4n) is 3.70. The van der Waals surface area contributed by atoms with Crippen molar-refractivity contribution in [1.29, 1.82) is 0 Å². The third-order valence-electron chi connectivity index (χ3n) is 5.11. The Morgan fingerprint density at radius 1 is 1.18 bits per heavy atom. The second-order valence-corrected chi connectivity index (χ2v) is 7.04. The van der Waals surface area contributed by atoms with Crippen LogP contribution in [0.15, 0.2) is 36.5 Å². The highest BCUT2D eigenvalue weighted by molar-refractivity contribution is 6.05. The highest BCUT2D eigenvalue weighted by Crippen LogP contribution is 2.29. The number of rotatable bonds is 5. The van der Waals surface area contributed by atoms with Gasteiger partial charge in [-0.05, 0) is 29.7 Å². The lowest BCUT2D eigenvalue weighted by atomic mass is 10.0. The van der Waals surface area contributed by atoms with Crippen LogP contribution in [0.4, 0.5) is 5.69 Å². The number of anilines is 1. The summed E-state index contributed by atoms with van der Waals surface area (Å²) in [5.74, 6) is -0.842. The molecule has 0 spiro atoms. The first-order valence-corrected chi connectivity index (χ1v) is 9.19. The Morgan fingerprint density at radius 3 is 2.79 bits per heavy atom. The molecular weight excluding hydrogens is 358 g/mol. The number of nitrogens with one attached hydrogen (secondary N) is 2. The third-order valence-corrected chi connectivity index (χ3v) is 5.11. The Hall–Kier alpha value is -3.26. The van der Waals surface area contributed by atoms with E-state index in [1.54, 1.807) is 17.2 Å². The molecule has 0 aliphatic carbocycles. The number of carbonyl (C=O) groups excluding carboxylic acids is 3. The molecule has 1 unspecified atom stereocenters. The Balaban J connectivity index is 1.46. The summed E-state index contributed by atoms with van der Waals surface area (Å²) in [6.07, 6.45) is 2.22. The van der Waals surface area contributed by atoms with Gasteiger partial charge in [0.25, 0.3) is 5.91 Å². The predicted octanol–water partition coefficient (Wildman–Crippen LogP) is 0.715. The minimum absolute atomic E-state index is 0.160. The number of fused-ring (bicyclic) bond motifs is 1. The van der Waals surface area contributed by atoms with Crippen molar-refractivity contribution in [3.8, 4) is 0 Å². The molecular formula is C20H21N5O3. The average molecular weight is 379 g/mol. The second kappa shape index (κ2) is 7.40. The minimum Gasteiger partial charge on any atom is -0.397 e. The normalized spacial score (nSPS) is 18.9. The number of nitrogen functional groups attached to an aromatic ring is 1. The van der Waals surface area contributed by atoms with Gasteiger partial charge in [-0.3, -0.25) is 24.7 Å². The monoisotopic (exact) mass is 379 g/mol. The second-order valence-electron chi connectivity index (χ2n) is 7.04. The van der Waals surface area contributed by atoms with Gasteiger partial charge in [-0.15, -0.1) is 0 Å². The van der Waals surface area contributed by atoms with Crippen LogP contribution in [0.5, 0.6) is 0 Å². The molecule has 8 nitrogen and oxygen atoms in total. The predicted molar refractivity (Wildman–Crippen MR) is 102 cm³/mol. The minimum atomic E-state index is -0.600. The van der Waals surface area contributed by atoms with E-state index in [1.165, 1.54) is 0 Å². The quantitative estimate of drug-likeness (QED) is 0.659. The lowest BCUT2D eigenvalue weighted by Gasteiger charge is -2.29. The van der Waals surface area contributed by atoms with Crippen LogP contribution in [0, 0.1) is 0 Å². The topological polar surface area (TPSA) is 117 Å². The Morgan fingerprint density at radius 2 is 2.04 bits per heavy atom. The summed E-state index contributed by atoms with van der Waals surface area (Å²) in [6, 6.07) is 8.79. The van der Waals surface area contributed by atoms with Crippen molar-refractivity contribution in [2.24, 2.45) is 0 Å². The van der Waals surface area contributed by atoms with Gasteiger partial charge in [0.15, 0.2) is 0 Å². The van der Waals surface area contributed by atoms with E-state index in [4.69, 9.17) is 5.73 Å². The van der Waals surface area contributed by atoms with Crippen LogP contribution in [0.2, 0.25) is 0 Å². The molecule has 1 fully saturated rings. The molecule has 144 valence electrons. The maximum atomic E-state index is 13.0. The highest BCUT2D eigenvalue weighted by atomic mass is 16.2. The fraction of sp³-hybridized carbons (Fsp3) is 0.300. The maximum Gasteiger partial charge on any atom is 0.255 e. The molecule has 1 saturated heterocycles. The molecule has 2 aromatic rings. The zero-order valence-electron chi connectivity index (χ0n) is 15.3. The third kappa shape index (κ3) is 3.46. The molecule has 3 heterocycles. The number of aromatic nitrogens is 1. The number of carbonyl (C=O) groups is 3. The molecule has 0 bridgehead atoms. The van der Waals surface area contributed by atoms with Gasteiger partial charge in [0.2, 0.25) is 11.8 Å². The molecule has 0 radical (unpaired) electrons. The van der Waals surface area contributed by atoms with E-state index in [9.17, 15) is 14.4 Å². The molecule has 1 atom stereocenters. The summed E-state index contributed by atoms with van der Waals surface area (Å²) in [4.78, 5) is 42.4. The van der Waals surface area contributed by atoms with Crippen molar-refractivity contribution in [3.63, 3.8) is 0 Å². The lowest BCUT2D eigenvalue weighted by molar-refractivity contribution is -0.136. The van der Waals surface area contributed by atoms with Crippen LogP contribution >= 0.6 is 0 Å². The average Bonchev–Trinajstić information content (AvgIpc) is 3.01. The highest BCUT2D eigenvalue weighted by Gasteiger charge is 2.39. The van der Waals surface area contributed by atoms with Gasteiger partial charge in [-0.1, -0.05) is 18.2 Å². The number of imide groups is 1. The standard InChI is InChI=1S/C20H21N5O3/c21-14-4-5-15(23-9-14)10-22-8-12-2-1-3-13-11-25(20(28)18(12)13)16-6-7-17(26)24-19(16)27/h1-5,9,16,22H,6-8,10-11,21H2,(H,24,26,27). The van der Waals surface area contributed by atoms with E-state index in [1.807, 2.05) is 24.3 Å². The van der Waals surface area contributed by atoms with E-state index in [2.05, 4.69) is 15.6 Å². The number of hydrogen-bond donors (Lipinski definition) is 3. The molecule has 2 aliphatic heterocycles. The van der Waals surface area contributed by atoms with E-state index in [0.29, 0.717) is 37.3 Å². The fourth-order valence-corrected chi connectivity index (χ4v) is 3.70.